The lowest BCUT2D eigenvalue weighted by atomic mass is 10.1. The molecule has 14 heavy (non-hydrogen) atoms. The molecule has 0 radical (unpaired) electrons. The topological polar surface area (TPSA) is 59.4 Å². The van der Waals surface area contributed by atoms with Crippen LogP contribution in [0.4, 0.5) is 0 Å². The zero-order valence-corrected chi connectivity index (χ0v) is 9.22. The number of hydrogen-bond donors (Lipinski definition) is 1. The minimum Gasteiger partial charge on any atom is -0.464 e. The molecule has 1 rings (SSSR count). The minimum atomic E-state index is -1.58. The summed E-state index contributed by atoms with van der Waals surface area (Å²) in [6.45, 7) is 5.19. The van der Waals surface area contributed by atoms with Crippen molar-refractivity contribution in [1.82, 2.24) is 4.98 Å². The Kier molecular flexibility index (Phi) is 3.23. The van der Waals surface area contributed by atoms with Gasteiger partial charge in [-0.25, -0.2) is 9.78 Å². The standard InChI is InChI=1S/C9H13NO3S/c1-4-13-8(11)9(3,12)7-5-10-6(2)14-7/h5,12H,4H2,1-3H3. The molecule has 0 saturated carbocycles. The molecule has 0 aliphatic carbocycles. The third-order valence-corrected chi connectivity index (χ3v) is 2.90. The molecule has 5 heteroatoms. The fourth-order valence-corrected chi connectivity index (χ4v) is 1.77. The van der Waals surface area contributed by atoms with E-state index in [0.29, 0.717) is 4.88 Å². The van der Waals surface area contributed by atoms with Crippen LogP contribution in [0.5, 0.6) is 0 Å². The quantitative estimate of drug-likeness (QED) is 0.770. The summed E-state index contributed by atoms with van der Waals surface area (Å²) < 4.78 is 4.76. The van der Waals surface area contributed by atoms with Crippen molar-refractivity contribution >= 4 is 17.3 Å². The van der Waals surface area contributed by atoms with Crippen LogP contribution in [0.25, 0.3) is 0 Å². The van der Waals surface area contributed by atoms with E-state index in [-0.39, 0.29) is 6.61 Å². The van der Waals surface area contributed by atoms with Gasteiger partial charge in [0.2, 0.25) is 0 Å². The van der Waals surface area contributed by atoms with Crippen molar-refractivity contribution in [2.75, 3.05) is 6.61 Å². The van der Waals surface area contributed by atoms with Gasteiger partial charge in [-0.15, -0.1) is 11.3 Å². The molecule has 1 aromatic rings. The summed E-state index contributed by atoms with van der Waals surface area (Å²) in [5, 5.41) is 10.7. The summed E-state index contributed by atoms with van der Waals surface area (Å²) in [4.78, 5) is 15.9. The first-order chi connectivity index (χ1) is 6.48. The van der Waals surface area contributed by atoms with Gasteiger partial charge < -0.3 is 9.84 Å². The summed E-state index contributed by atoms with van der Waals surface area (Å²) in [5.41, 5.74) is -1.58. The summed E-state index contributed by atoms with van der Waals surface area (Å²) in [5.74, 6) is -0.636. The molecule has 1 N–H and O–H groups in total. The second-order valence-electron chi connectivity index (χ2n) is 3.04. The molecule has 0 saturated heterocycles. The Morgan fingerprint density at radius 3 is 2.86 bits per heavy atom. The Bertz CT molecular complexity index is 333. The van der Waals surface area contributed by atoms with Gasteiger partial charge in [0.25, 0.3) is 0 Å². The number of esters is 1. The molecule has 4 nitrogen and oxygen atoms in total. The maximum Gasteiger partial charge on any atom is 0.343 e. The molecule has 0 aromatic carbocycles. The van der Waals surface area contributed by atoms with Gasteiger partial charge in [0, 0.05) is 6.20 Å². The molecule has 0 aliphatic heterocycles. The Balaban J connectivity index is 2.89. The highest BCUT2D eigenvalue weighted by molar-refractivity contribution is 7.11. The predicted octanol–water partition coefficient (Wildman–Crippen LogP) is 1.22. The minimum absolute atomic E-state index is 0.257. The van der Waals surface area contributed by atoms with E-state index in [2.05, 4.69) is 4.98 Å². The molecule has 78 valence electrons. The first-order valence-electron chi connectivity index (χ1n) is 4.31. The van der Waals surface area contributed by atoms with Crippen LogP contribution in [-0.4, -0.2) is 22.7 Å². The second kappa shape index (κ2) is 4.06. The fourth-order valence-electron chi connectivity index (χ4n) is 0.959. The molecular weight excluding hydrogens is 202 g/mol. The Labute approximate surface area is 86.6 Å². The number of carbonyl (C=O) groups excluding carboxylic acids is 1. The fraction of sp³-hybridized carbons (Fsp3) is 0.556. The maximum atomic E-state index is 11.4. The first-order valence-corrected chi connectivity index (χ1v) is 5.12. The van der Waals surface area contributed by atoms with Gasteiger partial charge in [-0.1, -0.05) is 0 Å². The third-order valence-electron chi connectivity index (χ3n) is 1.77. The number of aryl methyl sites for hydroxylation is 1. The van der Waals surface area contributed by atoms with Crippen molar-refractivity contribution in [3.63, 3.8) is 0 Å². The number of hydrogen-bond acceptors (Lipinski definition) is 5. The van der Waals surface area contributed by atoms with Crippen LogP contribution in [0.1, 0.15) is 23.7 Å². The van der Waals surface area contributed by atoms with Crippen LogP contribution in [-0.2, 0) is 15.1 Å². The number of aromatic nitrogens is 1. The highest BCUT2D eigenvalue weighted by Crippen LogP contribution is 2.27. The molecule has 1 atom stereocenters. The van der Waals surface area contributed by atoms with Crippen LogP contribution < -0.4 is 0 Å². The van der Waals surface area contributed by atoms with E-state index < -0.39 is 11.6 Å². The SMILES string of the molecule is CCOC(=O)C(C)(O)c1cnc(C)s1. The van der Waals surface area contributed by atoms with E-state index in [9.17, 15) is 9.90 Å². The molecule has 1 aromatic heterocycles. The maximum absolute atomic E-state index is 11.4. The van der Waals surface area contributed by atoms with Gasteiger partial charge in [0.15, 0.2) is 5.60 Å². The molecule has 0 fully saturated rings. The van der Waals surface area contributed by atoms with Crippen molar-refractivity contribution in [1.29, 1.82) is 0 Å². The van der Waals surface area contributed by atoms with Crippen molar-refractivity contribution < 1.29 is 14.6 Å². The Morgan fingerprint density at radius 1 is 1.79 bits per heavy atom. The van der Waals surface area contributed by atoms with Crippen molar-refractivity contribution in [2.45, 2.75) is 26.4 Å². The highest BCUT2D eigenvalue weighted by atomic mass is 32.1. The van der Waals surface area contributed by atoms with E-state index in [1.165, 1.54) is 24.5 Å². The van der Waals surface area contributed by atoms with Gasteiger partial charge >= 0.3 is 5.97 Å². The number of rotatable bonds is 3. The number of nitrogens with zero attached hydrogens (tertiary/aromatic N) is 1. The number of aliphatic hydroxyl groups is 1. The first kappa shape index (κ1) is 11.1. The summed E-state index contributed by atoms with van der Waals surface area (Å²) in [6.07, 6.45) is 1.50. The van der Waals surface area contributed by atoms with Crippen LogP contribution in [0.15, 0.2) is 6.20 Å². The zero-order chi connectivity index (χ0) is 10.8. The predicted molar refractivity (Wildman–Crippen MR) is 53.1 cm³/mol. The van der Waals surface area contributed by atoms with E-state index in [4.69, 9.17) is 4.74 Å². The molecule has 0 spiro atoms. The lowest BCUT2D eigenvalue weighted by molar-refractivity contribution is -0.163. The smallest absolute Gasteiger partial charge is 0.343 e. The molecule has 1 heterocycles. The van der Waals surface area contributed by atoms with Crippen LogP contribution >= 0.6 is 11.3 Å². The third kappa shape index (κ3) is 2.10. The lowest BCUT2D eigenvalue weighted by Gasteiger charge is -2.18. The van der Waals surface area contributed by atoms with E-state index in [1.807, 2.05) is 6.92 Å². The Hall–Kier alpha value is -0.940. The largest absolute Gasteiger partial charge is 0.464 e. The van der Waals surface area contributed by atoms with Gasteiger partial charge in [-0.05, 0) is 20.8 Å². The summed E-state index contributed by atoms with van der Waals surface area (Å²) >= 11 is 1.29. The van der Waals surface area contributed by atoms with Crippen LogP contribution in [0, 0.1) is 6.92 Å². The normalized spacial score (nSPS) is 14.9. The average Bonchev–Trinajstić information content (AvgIpc) is 2.52. The van der Waals surface area contributed by atoms with Crippen LogP contribution in [0.3, 0.4) is 0 Å². The van der Waals surface area contributed by atoms with Crippen molar-refractivity contribution in [2.24, 2.45) is 0 Å². The average molecular weight is 215 g/mol. The zero-order valence-electron chi connectivity index (χ0n) is 8.40. The molecular formula is C9H13NO3S. The highest BCUT2D eigenvalue weighted by Gasteiger charge is 2.35. The van der Waals surface area contributed by atoms with Crippen molar-refractivity contribution in [3.05, 3.63) is 16.1 Å². The summed E-state index contributed by atoms with van der Waals surface area (Å²) in [7, 11) is 0. The molecule has 0 bridgehead atoms. The monoisotopic (exact) mass is 215 g/mol. The van der Waals surface area contributed by atoms with E-state index in [1.54, 1.807) is 6.92 Å². The lowest BCUT2D eigenvalue weighted by Crippen LogP contribution is -2.33. The number of thiazole rings is 1. The second-order valence-corrected chi connectivity index (χ2v) is 4.27. The number of ether oxygens (including phenoxy) is 1. The van der Waals surface area contributed by atoms with Gasteiger partial charge in [0.1, 0.15) is 0 Å². The Morgan fingerprint density at radius 2 is 2.43 bits per heavy atom. The molecule has 1 unspecified atom stereocenters. The number of carbonyl (C=O) groups is 1. The van der Waals surface area contributed by atoms with Gasteiger partial charge in [-0.3, -0.25) is 0 Å². The van der Waals surface area contributed by atoms with Gasteiger partial charge in [0.05, 0.1) is 16.5 Å². The molecule has 0 amide bonds. The summed E-state index contributed by atoms with van der Waals surface area (Å²) in [6, 6.07) is 0. The molecule has 0 aliphatic rings. The van der Waals surface area contributed by atoms with Gasteiger partial charge in [-0.2, -0.15) is 0 Å². The van der Waals surface area contributed by atoms with E-state index >= 15 is 0 Å². The van der Waals surface area contributed by atoms with E-state index in [0.717, 1.165) is 5.01 Å². The van der Waals surface area contributed by atoms with Crippen LogP contribution in [0.2, 0.25) is 0 Å². The van der Waals surface area contributed by atoms with Crippen molar-refractivity contribution in [3.8, 4) is 0 Å².